The van der Waals surface area contributed by atoms with Crippen molar-refractivity contribution in [2.75, 3.05) is 81.4 Å². The molecule has 0 radical (unpaired) electrons. The van der Waals surface area contributed by atoms with Crippen LogP contribution >= 0.6 is 47.8 Å². The lowest BCUT2D eigenvalue weighted by atomic mass is 10.1. The van der Waals surface area contributed by atoms with Crippen LogP contribution in [0.5, 0.6) is 0 Å². The minimum atomic E-state index is -0.318. The molecular formula is C43H66Br3FN8O3. The second-order valence-corrected chi connectivity index (χ2v) is 16.9. The molecule has 324 valence electrons. The van der Waals surface area contributed by atoms with E-state index in [2.05, 4.69) is 107 Å². The van der Waals surface area contributed by atoms with Crippen LogP contribution in [-0.2, 0) is 0 Å². The monoisotopic (exact) mass is 998 g/mol. The van der Waals surface area contributed by atoms with E-state index in [1.54, 1.807) is 36.4 Å². The molecule has 0 saturated carbocycles. The number of nitrogens with one attached hydrogen (secondary N) is 6. The van der Waals surface area contributed by atoms with Gasteiger partial charge in [0, 0.05) is 69.7 Å². The van der Waals surface area contributed by atoms with Crippen LogP contribution in [0.4, 0.5) is 31.4 Å². The van der Waals surface area contributed by atoms with Gasteiger partial charge >= 0.3 is 18.1 Å². The van der Waals surface area contributed by atoms with Crippen molar-refractivity contribution in [1.29, 1.82) is 0 Å². The number of carbonyl (C=O) groups is 3. The molecule has 0 aliphatic heterocycles. The average Bonchev–Trinajstić information content (AvgIpc) is 3.20. The lowest BCUT2D eigenvalue weighted by Gasteiger charge is -2.39. The molecule has 6 amide bonds. The number of rotatable bonds is 24. The normalized spacial score (nSPS) is 10.8. The Balaban J connectivity index is 0.000000790. The van der Waals surface area contributed by atoms with E-state index < -0.39 is 0 Å². The average molecular weight is 1000 g/mol. The molecule has 15 heteroatoms. The van der Waals surface area contributed by atoms with Gasteiger partial charge in [-0.05, 0) is 98.5 Å². The van der Waals surface area contributed by atoms with E-state index in [-0.39, 0.29) is 22.8 Å². The Morgan fingerprint density at radius 3 is 0.931 bits per heavy atom. The molecule has 0 bridgehead atoms. The first-order valence-corrected chi connectivity index (χ1v) is 22.9. The summed E-state index contributed by atoms with van der Waals surface area (Å²) in [6, 6.07) is 20.9. The third-order valence-corrected chi connectivity index (χ3v) is 11.0. The van der Waals surface area contributed by atoms with Gasteiger partial charge in [-0.2, -0.15) is 0 Å². The summed E-state index contributed by atoms with van der Waals surface area (Å²) in [6.45, 7) is 17.7. The van der Waals surface area contributed by atoms with Crippen molar-refractivity contribution < 1.29 is 23.6 Å². The highest BCUT2D eigenvalue weighted by molar-refractivity contribution is 9.11. The summed E-state index contributed by atoms with van der Waals surface area (Å²) < 4.78 is 4.19. The fourth-order valence-electron chi connectivity index (χ4n) is 6.09. The molecule has 3 aromatic carbocycles. The number of amides is 6. The Morgan fingerprint density at radius 1 is 0.466 bits per heavy atom. The SMILES string of the molecule is CCCC[N+](CCCC)(CCCC)CCCC.O=C(NCCN(CCNC(=O)Nc1ccc(Br)cc1)CCNC(=O)Nc1ccc(Br)cc1)Nc1ccc(Br)cc1.[F-]. The number of carbonyl (C=O) groups excluding carboxylic acids is 3. The summed E-state index contributed by atoms with van der Waals surface area (Å²) in [5.74, 6) is 0. The second-order valence-electron chi connectivity index (χ2n) is 14.2. The molecule has 0 unspecified atom stereocenters. The van der Waals surface area contributed by atoms with E-state index in [0.717, 1.165) is 13.4 Å². The Bertz CT molecular complexity index is 1360. The van der Waals surface area contributed by atoms with Crippen molar-refractivity contribution in [2.24, 2.45) is 0 Å². The molecule has 0 spiro atoms. The van der Waals surface area contributed by atoms with E-state index in [1.807, 2.05) is 41.3 Å². The minimum Gasteiger partial charge on any atom is -1.00 e. The lowest BCUT2D eigenvalue weighted by molar-refractivity contribution is -0.929. The highest BCUT2D eigenvalue weighted by atomic mass is 79.9. The Morgan fingerprint density at radius 2 is 0.707 bits per heavy atom. The first kappa shape index (κ1) is 52.8. The van der Waals surface area contributed by atoms with Gasteiger partial charge in [-0.15, -0.1) is 0 Å². The van der Waals surface area contributed by atoms with Crippen molar-refractivity contribution in [3.8, 4) is 0 Å². The molecule has 0 heterocycles. The van der Waals surface area contributed by atoms with Gasteiger partial charge < -0.3 is 41.1 Å². The number of nitrogens with zero attached hydrogens (tertiary/aromatic N) is 2. The smallest absolute Gasteiger partial charge is 0.319 e. The summed E-state index contributed by atoms with van der Waals surface area (Å²) in [5, 5.41) is 16.9. The van der Waals surface area contributed by atoms with Crippen molar-refractivity contribution in [2.45, 2.75) is 79.1 Å². The van der Waals surface area contributed by atoms with Crippen LogP contribution < -0.4 is 36.6 Å². The molecule has 0 aliphatic carbocycles. The number of quaternary nitrogens is 1. The predicted molar refractivity (Wildman–Crippen MR) is 249 cm³/mol. The topological polar surface area (TPSA) is 127 Å². The molecule has 0 aliphatic rings. The van der Waals surface area contributed by atoms with Crippen LogP contribution in [0.2, 0.25) is 0 Å². The quantitative estimate of drug-likeness (QED) is 0.0509. The van der Waals surface area contributed by atoms with Crippen LogP contribution in [0.25, 0.3) is 0 Å². The molecule has 11 nitrogen and oxygen atoms in total. The zero-order chi connectivity index (χ0) is 41.7. The summed E-state index contributed by atoms with van der Waals surface area (Å²) in [7, 11) is 0. The van der Waals surface area contributed by atoms with E-state index in [9.17, 15) is 14.4 Å². The molecule has 0 saturated heterocycles. The molecule has 3 rings (SSSR count). The predicted octanol–water partition coefficient (Wildman–Crippen LogP) is 8.05. The lowest BCUT2D eigenvalue weighted by Crippen LogP contribution is -3.00. The summed E-state index contributed by atoms with van der Waals surface area (Å²) in [6.07, 6.45) is 11.1. The fraction of sp³-hybridized carbons (Fsp3) is 0.512. The number of anilines is 3. The molecule has 58 heavy (non-hydrogen) atoms. The summed E-state index contributed by atoms with van der Waals surface area (Å²) in [4.78, 5) is 38.9. The number of hydrogen-bond donors (Lipinski definition) is 6. The van der Waals surface area contributed by atoms with Crippen LogP contribution in [0.3, 0.4) is 0 Å². The van der Waals surface area contributed by atoms with E-state index >= 15 is 0 Å². The van der Waals surface area contributed by atoms with Gasteiger partial charge in [-0.1, -0.05) is 101 Å². The number of hydrogen-bond acceptors (Lipinski definition) is 4. The maximum atomic E-state index is 12.3. The minimum absolute atomic E-state index is 0. The van der Waals surface area contributed by atoms with Crippen LogP contribution in [0, 0.1) is 0 Å². The third-order valence-electron chi connectivity index (χ3n) is 9.39. The van der Waals surface area contributed by atoms with Gasteiger partial charge in [0.25, 0.3) is 0 Å². The molecule has 6 N–H and O–H groups in total. The number of halogens is 4. The van der Waals surface area contributed by atoms with Crippen molar-refractivity contribution in [3.63, 3.8) is 0 Å². The van der Waals surface area contributed by atoms with Gasteiger partial charge in [0.05, 0.1) is 26.2 Å². The summed E-state index contributed by atoms with van der Waals surface area (Å²) in [5.41, 5.74) is 2.04. The summed E-state index contributed by atoms with van der Waals surface area (Å²) >= 11 is 10.1. The van der Waals surface area contributed by atoms with Crippen LogP contribution in [-0.4, -0.2) is 92.9 Å². The number of urea groups is 3. The number of benzene rings is 3. The van der Waals surface area contributed by atoms with Crippen molar-refractivity contribution in [1.82, 2.24) is 20.9 Å². The molecular weight excluding hydrogens is 935 g/mol. The van der Waals surface area contributed by atoms with Crippen LogP contribution in [0.1, 0.15) is 79.1 Å². The van der Waals surface area contributed by atoms with E-state index in [0.29, 0.717) is 56.3 Å². The maximum absolute atomic E-state index is 12.3. The number of unbranched alkanes of at least 4 members (excludes halogenated alkanes) is 4. The van der Waals surface area contributed by atoms with Crippen molar-refractivity contribution >= 4 is 82.9 Å². The third kappa shape index (κ3) is 24.0. The second kappa shape index (κ2) is 31.7. The van der Waals surface area contributed by atoms with Crippen LogP contribution in [0.15, 0.2) is 86.2 Å². The highest BCUT2D eigenvalue weighted by Crippen LogP contribution is 2.18. The molecule has 0 fully saturated rings. The zero-order valence-electron chi connectivity index (χ0n) is 34.8. The molecule has 3 aromatic rings. The van der Waals surface area contributed by atoms with E-state index in [4.69, 9.17) is 0 Å². The molecule has 0 aromatic heterocycles. The van der Waals surface area contributed by atoms with Gasteiger partial charge in [-0.3, -0.25) is 4.90 Å². The highest BCUT2D eigenvalue weighted by Gasteiger charge is 2.24. The Kier molecular flexibility index (Phi) is 28.8. The first-order valence-electron chi connectivity index (χ1n) is 20.5. The zero-order valence-corrected chi connectivity index (χ0v) is 39.5. The van der Waals surface area contributed by atoms with Gasteiger partial charge in [0.2, 0.25) is 0 Å². The van der Waals surface area contributed by atoms with Gasteiger partial charge in [0.1, 0.15) is 0 Å². The molecule has 0 atom stereocenters. The maximum Gasteiger partial charge on any atom is 0.319 e. The van der Waals surface area contributed by atoms with Gasteiger partial charge in [-0.25, -0.2) is 14.4 Å². The first-order chi connectivity index (χ1) is 27.5. The fourth-order valence-corrected chi connectivity index (χ4v) is 6.88. The van der Waals surface area contributed by atoms with Gasteiger partial charge in [0.15, 0.2) is 0 Å². The van der Waals surface area contributed by atoms with Crippen molar-refractivity contribution in [3.05, 3.63) is 86.2 Å². The Labute approximate surface area is 372 Å². The standard InChI is InChI=1S/C27H30Br3N7O3.C16H36N.FH/c28-19-1-7-22(8-2-19)34-25(38)31-13-16-37(17-14-32-26(39)35-23-9-3-20(29)4-10-23)18-15-33-27(40)36-24-11-5-21(30)6-12-24;1-5-9-13-17(14-10-6-2,15-11-7-3)16-12-8-4;/h1-12H,13-18H2,(H2,31,34,38)(H2,32,35,39)(H2,33,36,40);5-16H2,1-4H3;1H/q;+1;/p-1. The largest absolute Gasteiger partial charge is 1.00 e. The Hall–Kier alpha value is -3.24. The van der Waals surface area contributed by atoms with E-state index in [1.165, 1.54) is 82.0 Å².